The van der Waals surface area contributed by atoms with Crippen LogP contribution in [0.5, 0.6) is 0 Å². The predicted octanol–water partition coefficient (Wildman–Crippen LogP) is 2.31. The van der Waals surface area contributed by atoms with Crippen LogP contribution in [0.25, 0.3) is 0 Å². The van der Waals surface area contributed by atoms with Gasteiger partial charge in [0.2, 0.25) is 5.91 Å². The quantitative estimate of drug-likeness (QED) is 0.919. The van der Waals surface area contributed by atoms with Crippen LogP contribution in [0.4, 0.5) is 0 Å². The number of hydrogen-bond acceptors (Lipinski definition) is 2. The van der Waals surface area contributed by atoms with E-state index in [2.05, 4.69) is 21.2 Å². The van der Waals surface area contributed by atoms with Crippen molar-refractivity contribution in [3.8, 4) is 0 Å². The molecule has 1 rings (SSSR count). The molecule has 0 aliphatic carbocycles. The Hall–Kier alpha value is -1.07. The number of rotatable bonds is 4. The van der Waals surface area contributed by atoms with E-state index in [0.29, 0.717) is 21.6 Å². The van der Waals surface area contributed by atoms with Gasteiger partial charge in [0, 0.05) is 31.5 Å². The van der Waals surface area contributed by atoms with Crippen LogP contribution in [-0.4, -0.2) is 37.4 Å². The Morgan fingerprint density at radius 3 is 2.72 bits per heavy atom. The molecule has 0 saturated carbocycles. The van der Waals surface area contributed by atoms with Crippen molar-refractivity contribution in [1.82, 2.24) is 10.2 Å². The second kappa shape index (κ2) is 6.75. The summed E-state index contributed by atoms with van der Waals surface area (Å²) in [6.45, 7) is 0.349. The Morgan fingerprint density at radius 2 is 2.11 bits per heavy atom. The molecule has 0 radical (unpaired) electrons. The molecule has 2 amide bonds. The summed E-state index contributed by atoms with van der Waals surface area (Å²) >= 11 is 9.32. The topological polar surface area (TPSA) is 49.4 Å². The Balaban J connectivity index is 2.74. The number of carbonyl (C=O) groups is 2. The number of nitrogens with zero attached hydrogens (tertiary/aromatic N) is 1. The molecule has 0 atom stereocenters. The molecule has 0 unspecified atom stereocenters. The van der Waals surface area contributed by atoms with E-state index in [-0.39, 0.29) is 18.2 Å². The summed E-state index contributed by atoms with van der Waals surface area (Å²) in [5, 5.41) is 2.89. The van der Waals surface area contributed by atoms with Crippen molar-refractivity contribution >= 4 is 39.3 Å². The molecule has 98 valence electrons. The first-order chi connectivity index (χ1) is 8.47. The van der Waals surface area contributed by atoms with Gasteiger partial charge in [0.05, 0.1) is 10.6 Å². The van der Waals surface area contributed by atoms with Gasteiger partial charge in [-0.3, -0.25) is 9.59 Å². The lowest BCUT2D eigenvalue weighted by molar-refractivity contribution is -0.120. The molecule has 1 aromatic rings. The normalized spacial score (nSPS) is 10.0. The first-order valence-electron chi connectivity index (χ1n) is 5.37. The highest BCUT2D eigenvalue weighted by atomic mass is 79.9. The van der Waals surface area contributed by atoms with Crippen molar-refractivity contribution in [2.24, 2.45) is 0 Å². The molecule has 0 heterocycles. The Labute approximate surface area is 119 Å². The molecule has 0 aromatic heterocycles. The molecule has 1 aromatic carbocycles. The summed E-state index contributed by atoms with van der Waals surface area (Å²) in [7, 11) is 3.21. The number of hydrogen-bond donors (Lipinski definition) is 1. The van der Waals surface area contributed by atoms with Crippen molar-refractivity contribution in [2.45, 2.75) is 6.42 Å². The highest BCUT2D eigenvalue weighted by molar-refractivity contribution is 9.10. The lowest BCUT2D eigenvalue weighted by atomic mass is 10.2. The van der Waals surface area contributed by atoms with Crippen LogP contribution in [0.15, 0.2) is 22.7 Å². The lowest BCUT2D eigenvalue weighted by Gasteiger charge is -2.17. The van der Waals surface area contributed by atoms with Crippen molar-refractivity contribution in [1.29, 1.82) is 0 Å². The number of halogens is 2. The van der Waals surface area contributed by atoms with E-state index in [4.69, 9.17) is 11.6 Å². The van der Waals surface area contributed by atoms with Crippen molar-refractivity contribution in [3.05, 3.63) is 33.3 Å². The largest absolute Gasteiger partial charge is 0.359 e. The third-order valence-electron chi connectivity index (χ3n) is 2.48. The molecular weight excluding hydrogens is 320 g/mol. The van der Waals surface area contributed by atoms with E-state index in [1.807, 2.05) is 0 Å². The van der Waals surface area contributed by atoms with Crippen LogP contribution in [0.1, 0.15) is 16.8 Å². The van der Waals surface area contributed by atoms with Gasteiger partial charge < -0.3 is 10.2 Å². The Kier molecular flexibility index (Phi) is 5.62. The van der Waals surface area contributed by atoms with E-state index >= 15 is 0 Å². The van der Waals surface area contributed by atoms with Gasteiger partial charge in [-0.05, 0) is 28.1 Å². The van der Waals surface area contributed by atoms with E-state index in [9.17, 15) is 9.59 Å². The van der Waals surface area contributed by atoms with Crippen LogP contribution < -0.4 is 5.32 Å². The zero-order chi connectivity index (χ0) is 13.7. The summed E-state index contributed by atoms with van der Waals surface area (Å²) in [6.07, 6.45) is 0.268. The zero-order valence-corrected chi connectivity index (χ0v) is 12.5. The predicted molar refractivity (Wildman–Crippen MR) is 74.8 cm³/mol. The van der Waals surface area contributed by atoms with Gasteiger partial charge >= 0.3 is 0 Å². The van der Waals surface area contributed by atoms with Crippen molar-refractivity contribution in [3.63, 3.8) is 0 Å². The number of benzene rings is 1. The van der Waals surface area contributed by atoms with Gasteiger partial charge in [-0.15, -0.1) is 0 Å². The van der Waals surface area contributed by atoms with Gasteiger partial charge in [-0.25, -0.2) is 0 Å². The first kappa shape index (κ1) is 15.0. The van der Waals surface area contributed by atoms with E-state index in [1.54, 1.807) is 32.3 Å². The molecule has 0 saturated heterocycles. The first-order valence-corrected chi connectivity index (χ1v) is 6.54. The third kappa shape index (κ3) is 3.71. The van der Waals surface area contributed by atoms with Crippen LogP contribution in [0, 0.1) is 0 Å². The molecule has 0 aliphatic heterocycles. The molecule has 4 nitrogen and oxygen atoms in total. The van der Waals surface area contributed by atoms with Gasteiger partial charge in [0.15, 0.2) is 0 Å². The zero-order valence-electron chi connectivity index (χ0n) is 10.2. The number of nitrogens with one attached hydrogen (secondary N) is 1. The maximum Gasteiger partial charge on any atom is 0.255 e. The minimum atomic E-state index is -0.204. The smallest absolute Gasteiger partial charge is 0.255 e. The summed E-state index contributed by atoms with van der Waals surface area (Å²) in [4.78, 5) is 24.7. The minimum Gasteiger partial charge on any atom is -0.359 e. The molecule has 0 fully saturated rings. The molecule has 1 N–H and O–H groups in total. The molecule has 0 bridgehead atoms. The molecule has 18 heavy (non-hydrogen) atoms. The SMILES string of the molecule is CNC(=O)CCN(C)C(=O)c1cccc(Br)c1Cl. The van der Waals surface area contributed by atoms with Gasteiger partial charge in [-0.2, -0.15) is 0 Å². The van der Waals surface area contributed by atoms with Crippen LogP contribution in [0.3, 0.4) is 0 Å². The van der Waals surface area contributed by atoms with E-state index in [1.165, 1.54) is 4.90 Å². The summed E-state index contributed by atoms with van der Waals surface area (Å²) in [6, 6.07) is 5.17. The summed E-state index contributed by atoms with van der Waals surface area (Å²) in [5.74, 6) is -0.305. The second-order valence-electron chi connectivity index (χ2n) is 3.75. The second-order valence-corrected chi connectivity index (χ2v) is 4.98. The highest BCUT2D eigenvalue weighted by Gasteiger charge is 2.16. The maximum absolute atomic E-state index is 12.1. The Bertz CT molecular complexity index is 465. The van der Waals surface area contributed by atoms with Crippen LogP contribution >= 0.6 is 27.5 Å². The van der Waals surface area contributed by atoms with Crippen molar-refractivity contribution < 1.29 is 9.59 Å². The fourth-order valence-electron chi connectivity index (χ4n) is 1.37. The monoisotopic (exact) mass is 332 g/mol. The van der Waals surface area contributed by atoms with E-state index < -0.39 is 0 Å². The standard InChI is InChI=1S/C12H14BrClN2O2/c1-15-10(17)6-7-16(2)12(18)8-4-3-5-9(13)11(8)14/h3-5H,6-7H2,1-2H3,(H,15,17). The number of carbonyl (C=O) groups excluding carboxylic acids is 2. The summed E-state index contributed by atoms with van der Waals surface area (Å²) in [5.41, 5.74) is 0.422. The van der Waals surface area contributed by atoms with Gasteiger partial charge in [0.25, 0.3) is 5.91 Å². The third-order valence-corrected chi connectivity index (χ3v) is 3.78. The van der Waals surface area contributed by atoms with Crippen molar-refractivity contribution in [2.75, 3.05) is 20.6 Å². The Morgan fingerprint density at radius 1 is 1.44 bits per heavy atom. The fourth-order valence-corrected chi connectivity index (χ4v) is 1.94. The molecular formula is C12H14BrClN2O2. The number of amides is 2. The van der Waals surface area contributed by atoms with Crippen LogP contribution in [-0.2, 0) is 4.79 Å². The van der Waals surface area contributed by atoms with Crippen LogP contribution in [0.2, 0.25) is 5.02 Å². The minimum absolute atomic E-state index is 0.102. The van der Waals surface area contributed by atoms with Gasteiger partial charge in [-0.1, -0.05) is 17.7 Å². The molecule has 6 heteroatoms. The lowest BCUT2D eigenvalue weighted by Crippen LogP contribution is -2.31. The average molecular weight is 334 g/mol. The molecule has 0 aliphatic rings. The highest BCUT2D eigenvalue weighted by Crippen LogP contribution is 2.26. The van der Waals surface area contributed by atoms with E-state index in [0.717, 1.165) is 0 Å². The average Bonchev–Trinajstić information content (AvgIpc) is 2.37. The fraction of sp³-hybridized carbons (Fsp3) is 0.333. The maximum atomic E-state index is 12.1. The summed E-state index contributed by atoms with van der Waals surface area (Å²) < 4.78 is 0.676. The van der Waals surface area contributed by atoms with Gasteiger partial charge in [0.1, 0.15) is 0 Å². The molecule has 0 spiro atoms.